The van der Waals surface area contributed by atoms with E-state index in [1.165, 1.54) is 136 Å². The van der Waals surface area contributed by atoms with E-state index in [9.17, 15) is 0 Å². The van der Waals surface area contributed by atoms with Gasteiger partial charge in [-0.2, -0.15) is 0 Å². The fraction of sp³-hybridized carbons (Fsp3) is 0.345. The smallest absolute Gasteiger partial charge is 0.0465 e. The predicted octanol–water partition coefficient (Wildman–Crippen LogP) is 15.4. The van der Waals surface area contributed by atoms with Crippen LogP contribution >= 0.6 is 0 Å². The van der Waals surface area contributed by atoms with Gasteiger partial charge in [-0.25, -0.2) is 0 Å². The molecule has 0 N–H and O–H groups in total. The quantitative estimate of drug-likeness (QED) is 0.165. The summed E-state index contributed by atoms with van der Waals surface area (Å²) in [7, 11) is 0. The predicted molar refractivity (Wildman–Crippen MR) is 236 cm³/mol. The largest absolute Gasteiger partial charge is 0.310 e. The summed E-state index contributed by atoms with van der Waals surface area (Å²) < 4.78 is 0. The van der Waals surface area contributed by atoms with E-state index < -0.39 is 0 Å². The second kappa shape index (κ2) is 12.8. The maximum atomic E-state index is 2.52. The van der Waals surface area contributed by atoms with Gasteiger partial charge in [-0.15, -0.1) is 0 Å². The van der Waals surface area contributed by atoms with Gasteiger partial charge in [-0.1, -0.05) is 138 Å². The van der Waals surface area contributed by atoms with Crippen LogP contribution < -0.4 is 4.90 Å². The topological polar surface area (TPSA) is 3.24 Å². The molecular weight excluding hydrogens is 675 g/mol. The average Bonchev–Trinajstić information content (AvgIpc) is 3.99. The third kappa shape index (κ3) is 5.25. The second-order valence-electron chi connectivity index (χ2n) is 19.1. The molecule has 3 fully saturated rings. The second-order valence-corrected chi connectivity index (χ2v) is 19.1. The molecule has 0 aromatic heterocycles. The molecule has 11 rings (SSSR count). The zero-order valence-electron chi connectivity index (χ0n) is 33.7. The molecule has 0 heterocycles. The van der Waals surface area contributed by atoms with Crippen molar-refractivity contribution in [3.05, 3.63) is 161 Å². The highest BCUT2D eigenvalue weighted by Crippen LogP contribution is 2.56. The van der Waals surface area contributed by atoms with Crippen molar-refractivity contribution in [2.45, 2.75) is 108 Å². The van der Waals surface area contributed by atoms with E-state index in [-0.39, 0.29) is 10.8 Å². The van der Waals surface area contributed by atoms with Crippen LogP contribution in [-0.2, 0) is 10.8 Å². The van der Waals surface area contributed by atoms with Crippen LogP contribution in [0.5, 0.6) is 0 Å². The van der Waals surface area contributed by atoms with E-state index in [0.29, 0.717) is 5.92 Å². The van der Waals surface area contributed by atoms with Crippen LogP contribution in [0.25, 0.3) is 33.4 Å². The molecule has 6 aromatic rings. The van der Waals surface area contributed by atoms with Gasteiger partial charge in [0.05, 0.1) is 0 Å². The molecule has 3 saturated carbocycles. The third-order valence-corrected chi connectivity index (χ3v) is 15.4. The van der Waals surface area contributed by atoms with Gasteiger partial charge in [0.15, 0.2) is 0 Å². The molecule has 0 spiro atoms. The van der Waals surface area contributed by atoms with Crippen LogP contribution in [-0.4, -0.2) is 0 Å². The number of nitrogens with zero attached hydrogens (tertiary/aromatic N) is 1. The molecule has 0 amide bonds. The maximum Gasteiger partial charge on any atom is 0.0465 e. The van der Waals surface area contributed by atoms with Crippen molar-refractivity contribution in [3.8, 4) is 33.4 Å². The Morgan fingerprint density at radius 2 is 1.09 bits per heavy atom. The van der Waals surface area contributed by atoms with Crippen molar-refractivity contribution >= 4 is 17.1 Å². The molecule has 5 aliphatic carbocycles. The standard InChI is InChI=1S/C55H55N/c1-54(2)50-16-9-8-13-45(50)46-29-23-40(33-51(46)54)44-14-10-15-48-47-30-28-43(34-52(47)55(3,4)53(44)48)56(41-24-19-37(20-25-41)36-11-6-5-7-12-36)42-26-21-38(22-27-42)49-32-35-17-18-39(49)31-35/h8-10,13-16,19-30,33-36,39,49H,5-7,11-12,17-18,31-32H2,1-4H3. The Balaban J connectivity index is 0.983. The number of benzene rings is 6. The molecule has 6 aromatic carbocycles. The summed E-state index contributed by atoms with van der Waals surface area (Å²) >= 11 is 0. The van der Waals surface area contributed by atoms with E-state index >= 15 is 0 Å². The number of hydrogen-bond donors (Lipinski definition) is 0. The molecule has 5 aliphatic rings. The molecule has 0 saturated heterocycles. The maximum absolute atomic E-state index is 2.52. The Kier molecular flexibility index (Phi) is 7.87. The van der Waals surface area contributed by atoms with E-state index in [0.717, 1.165) is 17.8 Å². The average molecular weight is 730 g/mol. The molecule has 280 valence electrons. The zero-order chi connectivity index (χ0) is 37.8. The van der Waals surface area contributed by atoms with E-state index in [1.807, 2.05) is 0 Å². The first-order valence-electron chi connectivity index (χ1n) is 21.8. The third-order valence-electron chi connectivity index (χ3n) is 15.4. The number of hydrogen-bond acceptors (Lipinski definition) is 1. The lowest BCUT2D eigenvalue weighted by Crippen LogP contribution is -2.18. The molecule has 56 heavy (non-hydrogen) atoms. The highest BCUT2D eigenvalue weighted by atomic mass is 15.1. The Hall–Kier alpha value is -4.88. The van der Waals surface area contributed by atoms with E-state index in [1.54, 1.807) is 5.56 Å². The first-order valence-corrected chi connectivity index (χ1v) is 21.8. The fourth-order valence-corrected chi connectivity index (χ4v) is 12.4. The lowest BCUT2D eigenvalue weighted by Gasteiger charge is -2.30. The summed E-state index contributed by atoms with van der Waals surface area (Å²) in [5.41, 5.74) is 20.5. The van der Waals surface area contributed by atoms with Gasteiger partial charge >= 0.3 is 0 Å². The van der Waals surface area contributed by atoms with Crippen LogP contribution in [0.4, 0.5) is 17.1 Å². The van der Waals surface area contributed by atoms with Gasteiger partial charge in [0.1, 0.15) is 0 Å². The Morgan fingerprint density at radius 3 is 1.82 bits per heavy atom. The summed E-state index contributed by atoms with van der Waals surface area (Å²) in [6, 6.07) is 49.9. The molecule has 0 radical (unpaired) electrons. The summed E-state index contributed by atoms with van der Waals surface area (Å²) in [5.74, 6) is 3.29. The van der Waals surface area contributed by atoms with Gasteiger partial charge in [0, 0.05) is 27.9 Å². The molecule has 1 heteroatoms. The van der Waals surface area contributed by atoms with Crippen molar-refractivity contribution in [3.63, 3.8) is 0 Å². The first kappa shape index (κ1) is 34.4. The summed E-state index contributed by atoms with van der Waals surface area (Å²) in [6.07, 6.45) is 12.5. The van der Waals surface area contributed by atoms with Gasteiger partial charge < -0.3 is 4.90 Å². The zero-order valence-corrected chi connectivity index (χ0v) is 33.7. The highest BCUT2D eigenvalue weighted by Gasteiger charge is 2.41. The van der Waals surface area contributed by atoms with Gasteiger partial charge in [-0.05, 0) is 165 Å². The van der Waals surface area contributed by atoms with E-state index in [2.05, 4.69) is 160 Å². The SMILES string of the molecule is CC1(C)c2ccccc2-c2ccc(-c3cccc4c3C(C)(C)c3cc(N(c5ccc(C6CCCCC6)cc5)c5ccc(C6CC7CCC6C7)cc5)ccc3-4)cc21. The highest BCUT2D eigenvalue weighted by molar-refractivity contribution is 5.92. The minimum Gasteiger partial charge on any atom is -0.310 e. The minimum absolute atomic E-state index is 0.0275. The van der Waals surface area contributed by atoms with Gasteiger partial charge in [0.2, 0.25) is 0 Å². The number of anilines is 3. The normalized spacial score (nSPS) is 22.4. The van der Waals surface area contributed by atoms with Crippen molar-refractivity contribution < 1.29 is 0 Å². The Labute approximate surface area is 334 Å². The van der Waals surface area contributed by atoms with Crippen LogP contribution in [0.3, 0.4) is 0 Å². The van der Waals surface area contributed by atoms with E-state index in [4.69, 9.17) is 0 Å². The summed E-state index contributed by atoms with van der Waals surface area (Å²) in [6.45, 7) is 9.68. The summed E-state index contributed by atoms with van der Waals surface area (Å²) in [4.78, 5) is 2.52. The number of fused-ring (bicyclic) bond motifs is 8. The molecule has 1 nitrogen and oxygen atoms in total. The summed E-state index contributed by atoms with van der Waals surface area (Å²) in [5, 5.41) is 0. The molecule has 2 bridgehead atoms. The Bertz CT molecular complexity index is 2470. The molecule has 3 unspecified atom stereocenters. The van der Waals surface area contributed by atoms with Crippen LogP contribution in [0.15, 0.2) is 127 Å². The van der Waals surface area contributed by atoms with Crippen molar-refractivity contribution in [2.24, 2.45) is 11.8 Å². The van der Waals surface area contributed by atoms with Gasteiger partial charge in [0.25, 0.3) is 0 Å². The fourth-order valence-electron chi connectivity index (χ4n) is 12.4. The van der Waals surface area contributed by atoms with Crippen molar-refractivity contribution in [1.82, 2.24) is 0 Å². The van der Waals surface area contributed by atoms with Crippen molar-refractivity contribution in [2.75, 3.05) is 4.90 Å². The van der Waals surface area contributed by atoms with Crippen LogP contribution in [0, 0.1) is 11.8 Å². The lowest BCUT2D eigenvalue weighted by molar-refractivity contribution is 0.420. The Morgan fingerprint density at radius 1 is 0.464 bits per heavy atom. The molecular formula is C55H55N. The van der Waals surface area contributed by atoms with Crippen molar-refractivity contribution in [1.29, 1.82) is 0 Å². The van der Waals surface area contributed by atoms with Crippen LogP contribution in [0.2, 0.25) is 0 Å². The molecule has 3 atom stereocenters. The first-order chi connectivity index (χ1) is 27.3. The minimum atomic E-state index is -0.170. The van der Waals surface area contributed by atoms with Gasteiger partial charge in [-0.3, -0.25) is 0 Å². The lowest BCUT2D eigenvalue weighted by atomic mass is 9.77. The monoisotopic (exact) mass is 729 g/mol. The number of rotatable bonds is 6. The van der Waals surface area contributed by atoms with Crippen LogP contribution in [0.1, 0.15) is 131 Å². The molecule has 0 aliphatic heterocycles.